The Labute approximate surface area is 163 Å². The molecule has 0 N–H and O–H groups in total. The van der Waals surface area contributed by atoms with Crippen molar-refractivity contribution in [3.05, 3.63) is 11.3 Å². The van der Waals surface area contributed by atoms with Crippen LogP contribution in [0.5, 0.6) is 0 Å². The number of carbonyl (C=O) groups excluding carboxylic acids is 1. The normalized spacial score (nSPS) is 17.8. The van der Waals surface area contributed by atoms with Crippen molar-refractivity contribution in [2.45, 2.75) is 124 Å². The van der Waals surface area contributed by atoms with Crippen molar-refractivity contribution in [1.82, 2.24) is 0 Å². The second-order valence-corrected chi connectivity index (χ2v) is 8.30. The van der Waals surface area contributed by atoms with Crippen LogP contribution in [-0.4, -0.2) is 12.4 Å². The van der Waals surface area contributed by atoms with E-state index in [0.29, 0.717) is 0 Å². The molecule has 152 valence electrons. The van der Waals surface area contributed by atoms with Crippen molar-refractivity contribution < 1.29 is 9.53 Å². The number of allylic oxidation sites excluding steroid dienone is 2. The number of unbranched alkanes of at least 4 members (excludes halogenated alkanes) is 13. The highest BCUT2D eigenvalue weighted by atomic mass is 16.5. The minimum Gasteiger partial charge on any atom is -0.498 e. The lowest BCUT2D eigenvalue weighted by Gasteiger charge is -2.22. The molecule has 1 rings (SSSR count). The number of rotatable bonds is 16. The zero-order chi connectivity index (χ0) is 19.0. The number of ketones is 1. The number of Topliss-reactive ketones (excluding diaryl/α,β-unsaturated/α-hetero) is 1. The van der Waals surface area contributed by atoms with Crippen LogP contribution in [0.3, 0.4) is 0 Å². The highest BCUT2D eigenvalue weighted by molar-refractivity contribution is 5.97. The van der Waals surface area contributed by atoms with Crippen LogP contribution in [-0.2, 0) is 9.53 Å². The lowest BCUT2D eigenvalue weighted by Crippen LogP contribution is -2.20. The first-order chi connectivity index (χ1) is 12.7. The third-order valence-corrected chi connectivity index (χ3v) is 5.81. The molecule has 1 aliphatic carbocycles. The van der Waals surface area contributed by atoms with E-state index in [4.69, 9.17) is 4.74 Å². The van der Waals surface area contributed by atoms with Gasteiger partial charge in [0.1, 0.15) is 5.76 Å². The fourth-order valence-electron chi connectivity index (χ4n) is 3.85. The smallest absolute Gasteiger partial charge is 0.164 e. The van der Waals surface area contributed by atoms with E-state index in [-0.39, 0.29) is 11.7 Å². The summed E-state index contributed by atoms with van der Waals surface area (Å²) in [6, 6.07) is 0. The van der Waals surface area contributed by atoms with Gasteiger partial charge in [-0.3, -0.25) is 4.79 Å². The molecule has 0 saturated carbocycles. The summed E-state index contributed by atoms with van der Waals surface area (Å²) in [6.45, 7) is 7.02. The van der Waals surface area contributed by atoms with Gasteiger partial charge in [0.05, 0.1) is 6.61 Å². The highest BCUT2D eigenvalue weighted by Gasteiger charge is 2.24. The Morgan fingerprint density at radius 3 is 1.77 bits per heavy atom. The van der Waals surface area contributed by atoms with Gasteiger partial charge in [0.15, 0.2) is 5.78 Å². The van der Waals surface area contributed by atoms with Gasteiger partial charge in [-0.2, -0.15) is 0 Å². The molecule has 1 aliphatic rings. The maximum Gasteiger partial charge on any atom is 0.164 e. The third kappa shape index (κ3) is 10.4. The average molecular weight is 365 g/mol. The molecular formula is C24H44O2. The molecule has 0 aromatic carbocycles. The Kier molecular flexibility index (Phi) is 13.7. The Bertz CT molecular complexity index is 397. The van der Waals surface area contributed by atoms with E-state index in [2.05, 4.69) is 6.92 Å². The standard InChI is InChI=1S/C24H44O2/c1-4-5-6-7-8-9-10-11-12-13-14-15-16-17-20-26-23-19-18-21(2)24(25)22(23)3/h21H,4-20H2,1-3H3. The van der Waals surface area contributed by atoms with Crippen LogP contribution < -0.4 is 0 Å². The summed E-state index contributed by atoms with van der Waals surface area (Å²) in [7, 11) is 0. The molecule has 0 saturated heterocycles. The van der Waals surface area contributed by atoms with Crippen LogP contribution >= 0.6 is 0 Å². The van der Waals surface area contributed by atoms with E-state index in [1.807, 2.05) is 13.8 Å². The van der Waals surface area contributed by atoms with E-state index < -0.39 is 0 Å². The molecule has 0 amide bonds. The van der Waals surface area contributed by atoms with Crippen LogP contribution in [0.1, 0.15) is 124 Å². The molecule has 0 spiro atoms. The van der Waals surface area contributed by atoms with Crippen molar-refractivity contribution in [1.29, 1.82) is 0 Å². The van der Waals surface area contributed by atoms with E-state index in [1.54, 1.807) is 0 Å². The molecule has 0 fully saturated rings. The van der Waals surface area contributed by atoms with Gasteiger partial charge >= 0.3 is 0 Å². The van der Waals surface area contributed by atoms with Crippen molar-refractivity contribution in [3.8, 4) is 0 Å². The SMILES string of the molecule is CCCCCCCCCCCCCCCCOC1=C(C)C(=O)C(C)CC1. The number of hydrogen-bond donors (Lipinski definition) is 0. The average Bonchev–Trinajstić information content (AvgIpc) is 2.64. The highest BCUT2D eigenvalue weighted by Crippen LogP contribution is 2.27. The summed E-state index contributed by atoms with van der Waals surface area (Å²) in [5.41, 5.74) is 0.870. The van der Waals surface area contributed by atoms with Crippen molar-refractivity contribution >= 4 is 5.78 Å². The van der Waals surface area contributed by atoms with Gasteiger partial charge < -0.3 is 4.74 Å². The Morgan fingerprint density at radius 1 is 0.808 bits per heavy atom. The van der Waals surface area contributed by atoms with E-state index in [9.17, 15) is 4.79 Å². The van der Waals surface area contributed by atoms with Gasteiger partial charge in [-0.15, -0.1) is 0 Å². The molecule has 1 unspecified atom stereocenters. The Hall–Kier alpha value is -0.790. The largest absolute Gasteiger partial charge is 0.498 e. The quantitative estimate of drug-likeness (QED) is 0.262. The third-order valence-electron chi connectivity index (χ3n) is 5.81. The fraction of sp³-hybridized carbons (Fsp3) is 0.875. The van der Waals surface area contributed by atoms with Crippen molar-refractivity contribution in [3.63, 3.8) is 0 Å². The zero-order valence-electron chi connectivity index (χ0n) is 17.9. The molecule has 26 heavy (non-hydrogen) atoms. The Balaban J connectivity index is 1.85. The van der Waals surface area contributed by atoms with E-state index >= 15 is 0 Å². The Morgan fingerprint density at radius 2 is 1.27 bits per heavy atom. The predicted molar refractivity (Wildman–Crippen MR) is 112 cm³/mol. The van der Waals surface area contributed by atoms with Gasteiger partial charge in [0.25, 0.3) is 0 Å². The minimum atomic E-state index is 0.184. The summed E-state index contributed by atoms with van der Waals surface area (Å²) in [6.07, 6.45) is 21.2. The molecule has 0 aliphatic heterocycles. The summed E-state index contributed by atoms with van der Waals surface area (Å²) in [5, 5.41) is 0. The number of ether oxygens (including phenoxy) is 1. The van der Waals surface area contributed by atoms with Crippen LogP contribution in [0.25, 0.3) is 0 Å². The first-order valence-corrected chi connectivity index (χ1v) is 11.5. The van der Waals surface area contributed by atoms with Crippen molar-refractivity contribution in [2.75, 3.05) is 6.61 Å². The van der Waals surface area contributed by atoms with Crippen LogP contribution in [0.15, 0.2) is 11.3 Å². The first kappa shape index (κ1) is 23.2. The second-order valence-electron chi connectivity index (χ2n) is 8.30. The van der Waals surface area contributed by atoms with Gasteiger partial charge in [0, 0.05) is 17.9 Å². The first-order valence-electron chi connectivity index (χ1n) is 11.5. The lowest BCUT2D eigenvalue weighted by atomic mass is 9.88. The van der Waals surface area contributed by atoms with E-state index in [0.717, 1.165) is 37.2 Å². The monoisotopic (exact) mass is 364 g/mol. The molecule has 1 atom stereocenters. The molecule has 0 radical (unpaired) electrons. The summed E-state index contributed by atoms with van der Waals surface area (Å²) in [5.74, 6) is 1.43. The van der Waals surface area contributed by atoms with Crippen LogP contribution in [0.2, 0.25) is 0 Å². The summed E-state index contributed by atoms with van der Waals surface area (Å²) >= 11 is 0. The minimum absolute atomic E-state index is 0.184. The molecule has 0 aromatic rings. The van der Waals surface area contributed by atoms with Gasteiger partial charge in [-0.05, 0) is 19.8 Å². The van der Waals surface area contributed by atoms with Gasteiger partial charge in [-0.1, -0.05) is 97.3 Å². The van der Waals surface area contributed by atoms with Crippen molar-refractivity contribution in [2.24, 2.45) is 5.92 Å². The summed E-state index contributed by atoms with van der Waals surface area (Å²) in [4.78, 5) is 12.0. The molecule has 0 aromatic heterocycles. The number of hydrogen-bond acceptors (Lipinski definition) is 2. The molecule has 2 heteroatoms. The number of carbonyl (C=O) groups is 1. The molecule has 2 nitrogen and oxygen atoms in total. The molecule has 0 bridgehead atoms. The molecular weight excluding hydrogens is 320 g/mol. The van der Waals surface area contributed by atoms with Crippen LogP contribution in [0, 0.1) is 5.92 Å². The fourth-order valence-corrected chi connectivity index (χ4v) is 3.85. The zero-order valence-corrected chi connectivity index (χ0v) is 17.9. The predicted octanol–water partition coefficient (Wildman–Crippen LogP) is 7.76. The summed E-state index contributed by atoms with van der Waals surface area (Å²) < 4.78 is 5.88. The lowest BCUT2D eigenvalue weighted by molar-refractivity contribution is -0.119. The van der Waals surface area contributed by atoms with Gasteiger partial charge in [-0.25, -0.2) is 0 Å². The van der Waals surface area contributed by atoms with E-state index in [1.165, 1.54) is 83.5 Å². The van der Waals surface area contributed by atoms with Crippen LogP contribution in [0.4, 0.5) is 0 Å². The van der Waals surface area contributed by atoms with Gasteiger partial charge in [0.2, 0.25) is 0 Å². The maximum atomic E-state index is 12.0. The maximum absolute atomic E-state index is 12.0. The topological polar surface area (TPSA) is 26.3 Å². The molecule has 0 heterocycles. The second kappa shape index (κ2) is 15.3.